The summed E-state index contributed by atoms with van der Waals surface area (Å²) < 4.78 is 28.3. The number of sulfonamides is 1. The number of nitrogens with one attached hydrogen (secondary N) is 1. The van der Waals surface area contributed by atoms with Crippen molar-refractivity contribution in [3.63, 3.8) is 0 Å². The minimum atomic E-state index is -4.09. The van der Waals surface area contributed by atoms with Gasteiger partial charge in [-0.15, -0.1) is 0 Å². The molecule has 0 saturated carbocycles. The van der Waals surface area contributed by atoms with E-state index in [1.165, 1.54) is 24.1 Å². The van der Waals surface area contributed by atoms with Gasteiger partial charge in [0.05, 0.1) is 10.6 Å². The smallest absolute Gasteiger partial charge is 0.264 e. The number of likely N-dealkylation sites (N-methyl/N-ethyl adjacent to an activating group) is 1. The number of benzene rings is 3. The Morgan fingerprint density at radius 1 is 0.944 bits per heavy atom. The van der Waals surface area contributed by atoms with Crippen LogP contribution in [0.4, 0.5) is 5.69 Å². The zero-order valence-corrected chi connectivity index (χ0v) is 22.1. The fourth-order valence-electron chi connectivity index (χ4n) is 3.83. The standard InChI is InChI=1S/C27H30ClN3O4S/c1-4-25(27(33)29-3)30(18-21-12-10-20(2)11-13-21)26(32)19-31(23-16-14-22(28)15-17-23)36(34,35)24-8-6-5-7-9-24/h5-17,25H,4,18-19H2,1-3H3,(H,29,33)/t25-/m1/s1. The molecule has 0 unspecified atom stereocenters. The first kappa shape index (κ1) is 27.2. The van der Waals surface area contributed by atoms with Crippen LogP contribution in [0.15, 0.2) is 83.8 Å². The number of rotatable bonds is 10. The summed E-state index contributed by atoms with van der Waals surface area (Å²) in [4.78, 5) is 28.0. The van der Waals surface area contributed by atoms with E-state index in [1.807, 2.05) is 38.1 Å². The number of aryl methyl sites for hydroxylation is 1. The van der Waals surface area contributed by atoms with E-state index >= 15 is 0 Å². The van der Waals surface area contributed by atoms with Crippen LogP contribution in [0, 0.1) is 6.92 Å². The first-order valence-corrected chi connectivity index (χ1v) is 13.4. The molecule has 190 valence electrons. The Morgan fingerprint density at radius 3 is 2.11 bits per heavy atom. The minimum absolute atomic E-state index is 0.0520. The summed E-state index contributed by atoms with van der Waals surface area (Å²) in [5.41, 5.74) is 2.19. The average Bonchev–Trinajstić information content (AvgIpc) is 2.89. The van der Waals surface area contributed by atoms with Crippen molar-refractivity contribution in [1.29, 1.82) is 0 Å². The lowest BCUT2D eigenvalue weighted by atomic mass is 10.1. The lowest BCUT2D eigenvalue weighted by molar-refractivity contribution is -0.140. The molecule has 0 radical (unpaired) electrons. The zero-order valence-electron chi connectivity index (χ0n) is 20.5. The molecule has 3 aromatic rings. The highest BCUT2D eigenvalue weighted by atomic mass is 35.5. The van der Waals surface area contributed by atoms with Crippen LogP contribution in [-0.2, 0) is 26.2 Å². The van der Waals surface area contributed by atoms with E-state index in [9.17, 15) is 18.0 Å². The third-order valence-corrected chi connectivity index (χ3v) is 7.87. The maximum Gasteiger partial charge on any atom is 0.264 e. The van der Waals surface area contributed by atoms with Gasteiger partial charge in [-0.05, 0) is 55.3 Å². The van der Waals surface area contributed by atoms with Gasteiger partial charge in [-0.3, -0.25) is 13.9 Å². The average molecular weight is 528 g/mol. The second kappa shape index (κ2) is 12.1. The van der Waals surface area contributed by atoms with Gasteiger partial charge in [0.1, 0.15) is 12.6 Å². The third kappa shape index (κ3) is 6.44. The third-order valence-electron chi connectivity index (χ3n) is 5.83. The van der Waals surface area contributed by atoms with Crippen LogP contribution in [0.1, 0.15) is 24.5 Å². The Labute approximate surface area is 217 Å². The molecule has 0 bridgehead atoms. The van der Waals surface area contributed by atoms with E-state index in [4.69, 9.17) is 11.6 Å². The molecule has 3 rings (SSSR count). The van der Waals surface area contributed by atoms with Crippen molar-refractivity contribution in [2.75, 3.05) is 17.9 Å². The van der Waals surface area contributed by atoms with E-state index in [2.05, 4.69) is 5.32 Å². The fourth-order valence-corrected chi connectivity index (χ4v) is 5.39. The van der Waals surface area contributed by atoms with Gasteiger partial charge >= 0.3 is 0 Å². The van der Waals surface area contributed by atoms with Crippen molar-refractivity contribution in [2.45, 2.75) is 37.8 Å². The van der Waals surface area contributed by atoms with E-state index in [1.54, 1.807) is 42.5 Å². The molecule has 0 aliphatic carbocycles. The van der Waals surface area contributed by atoms with E-state index in [-0.39, 0.29) is 17.3 Å². The van der Waals surface area contributed by atoms with E-state index < -0.39 is 28.5 Å². The molecule has 1 N–H and O–H groups in total. The topological polar surface area (TPSA) is 86.8 Å². The van der Waals surface area contributed by atoms with Gasteiger partial charge < -0.3 is 10.2 Å². The molecule has 36 heavy (non-hydrogen) atoms. The Kier molecular flexibility index (Phi) is 9.12. The predicted octanol–water partition coefficient (Wildman–Crippen LogP) is 4.40. The second-order valence-corrected chi connectivity index (χ2v) is 10.6. The molecule has 0 saturated heterocycles. The van der Waals surface area contributed by atoms with Crippen LogP contribution in [0.3, 0.4) is 0 Å². The first-order chi connectivity index (χ1) is 17.2. The highest BCUT2D eigenvalue weighted by Gasteiger charge is 2.33. The molecule has 9 heteroatoms. The van der Waals surface area contributed by atoms with Crippen LogP contribution >= 0.6 is 11.6 Å². The zero-order chi connectivity index (χ0) is 26.3. The normalized spacial score (nSPS) is 12.0. The number of hydrogen-bond acceptors (Lipinski definition) is 4. The van der Waals surface area contributed by atoms with Crippen LogP contribution < -0.4 is 9.62 Å². The van der Waals surface area contributed by atoms with Gasteiger partial charge in [-0.2, -0.15) is 0 Å². The molecule has 0 aliphatic rings. The van der Waals surface area contributed by atoms with E-state index in [0.29, 0.717) is 17.1 Å². The molecule has 3 aromatic carbocycles. The monoisotopic (exact) mass is 527 g/mol. The number of nitrogens with zero attached hydrogens (tertiary/aromatic N) is 2. The summed E-state index contributed by atoms with van der Waals surface area (Å²) >= 11 is 6.03. The van der Waals surface area contributed by atoms with Gasteiger partial charge in [0.2, 0.25) is 11.8 Å². The molecule has 0 aromatic heterocycles. The number of hydrogen-bond donors (Lipinski definition) is 1. The van der Waals surface area contributed by atoms with Gasteiger partial charge in [0.15, 0.2) is 0 Å². The Hall–Kier alpha value is -3.36. The van der Waals surface area contributed by atoms with Crippen LogP contribution in [-0.4, -0.2) is 44.8 Å². The summed E-state index contributed by atoms with van der Waals surface area (Å²) in [6, 6.07) is 21.0. The number of carbonyl (C=O) groups is 2. The molecule has 0 aliphatic heterocycles. The Bertz CT molecular complexity index is 1280. The highest BCUT2D eigenvalue weighted by molar-refractivity contribution is 7.92. The molecular weight excluding hydrogens is 498 g/mol. The first-order valence-electron chi connectivity index (χ1n) is 11.6. The van der Waals surface area contributed by atoms with Gasteiger partial charge in [0, 0.05) is 18.6 Å². The van der Waals surface area contributed by atoms with Crippen molar-refractivity contribution in [2.24, 2.45) is 0 Å². The van der Waals surface area contributed by atoms with Crippen molar-refractivity contribution in [3.05, 3.63) is 95.0 Å². The summed E-state index contributed by atoms with van der Waals surface area (Å²) in [5, 5.41) is 3.05. The molecular formula is C27H30ClN3O4S. The van der Waals surface area contributed by atoms with Crippen molar-refractivity contribution >= 4 is 39.1 Å². The van der Waals surface area contributed by atoms with Gasteiger partial charge in [0.25, 0.3) is 10.0 Å². The van der Waals surface area contributed by atoms with Crippen LogP contribution in [0.2, 0.25) is 5.02 Å². The summed E-state index contributed by atoms with van der Waals surface area (Å²) in [5.74, 6) is -0.817. The molecule has 1 atom stereocenters. The highest BCUT2D eigenvalue weighted by Crippen LogP contribution is 2.26. The molecule has 7 nitrogen and oxygen atoms in total. The van der Waals surface area contributed by atoms with Crippen LogP contribution in [0.5, 0.6) is 0 Å². The lowest BCUT2D eigenvalue weighted by Gasteiger charge is -2.33. The summed E-state index contributed by atoms with van der Waals surface area (Å²) in [6.45, 7) is 3.45. The van der Waals surface area contributed by atoms with Gasteiger partial charge in [-0.25, -0.2) is 8.42 Å². The molecule has 0 heterocycles. The SMILES string of the molecule is CC[C@H](C(=O)NC)N(Cc1ccc(C)cc1)C(=O)CN(c1ccc(Cl)cc1)S(=O)(=O)c1ccccc1. The lowest BCUT2D eigenvalue weighted by Crippen LogP contribution is -2.51. The molecule has 0 fully saturated rings. The van der Waals surface area contributed by atoms with Crippen molar-refractivity contribution in [3.8, 4) is 0 Å². The number of amides is 2. The molecule has 0 spiro atoms. The predicted molar refractivity (Wildman–Crippen MR) is 142 cm³/mol. The summed E-state index contributed by atoms with van der Waals surface area (Å²) in [7, 11) is -2.58. The second-order valence-electron chi connectivity index (χ2n) is 8.35. The van der Waals surface area contributed by atoms with E-state index in [0.717, 1.165) is 15.4 Å². The number of halogens is 1. The van der Waals surface area contributed by atoms with Crippen molar-refractivity contribution < 1.29 is 18.0 Å². The summed E-state index contributed by atoms with van der Waals surface area (Å²) in [6.07, 6.45) is 0.365. The van der Waals surface area contributed by atoms with Crippen molar-refractivity contribution in [1.82, 2.24) is 10.2 Å². The maximum absolute atomic E-state index is 13.8. The minimum Gasteiger partial charge on any atom is -0.357 e. The maximum atomic E-state index is 13.8. The quantitative estimate of drug-likeness (QED) is 0.423. The Morgan fingerprint density at radius 2 is 1.56 bits per heavy atom. The molecule has 2 amide bonds. The fraction of sp³-hybridized carbons (Fsp3) is 0.259. The largest absolute Gasteiger partial charge is 0.357 e. The number of carbonyl (C=O) groups excluding carboxylic acids is 2. The van der Waals surface area contributed by atoms with Crippen LogP contribution in [0.25, 0.3) is 0 Å². The Balaban J connectivity index is 2.03. The number of anilines is 1. The van der Waals surface area contributed by atoms with Gasteiger partial charge in [-0.1, -0.05) is 66.6 Å².